The highest BCUT2D eigenvalue weighted by Crippen LogP contribution is 2.33. The summed E-state index contributed by atoms with van der Waals surface area (Å²) in [6.45, 7) is 6.56. The number of thioether (sulfide) groups is 1. The number of rotatable bonds is 6. The summed E-state index contributed by atoms with van der Waals surface area (Å²) >= 11 is 2.06. The van der Waals surface area contributed by atoms with Crippen LogP contribution in [0.5, 0.6) is 0 Å². The molecular weight excluding hydrogens is 322 g/mol. The molecule has 6 nitrogen and oxygen atoms in total. The first-order valence-electron chi connectivity index (χ1n) is 8.78. The molecule has 1 aromatic rings. The van der Waals surface area contributed by atoms with Crippen LogP contribution in [-0.4, -0.2) is 78.9 Å². The molecule has 0 aromatic carbocycles. The van der Waals surface area contributed by atoms with Crippen LogP contribution in [0.4, 0.5) is 0 Å². The molecular formula is C17H29N5OS. The fraction of sp³-hybridized carbons (Fsp3) is 0.706. The van der Waals surface area contributed by atoms with Gasteiger partial charge in [-0.1, -0.05) is 0 Å². The summed E-state index contributed by atoms with van der Waals surface area (Å²) in [4.78, 5) is 7.00. The largest absolute Gasteiger partial charge is 0.379 e. The van der Waals surface area contributed by atoms with E-state index in [-0.39, 0.29) is 5.54 Å². The maximum atomic E-state index is 5.53. The predicted octanol–water partition coefficient (Wildman–Crippen LogP) is 0.861. The highest BCUT2D eigenvalue weighted by Gasteiger charge is 2.40. The van der Waals surface area contributed by atoms with Crippen molar-refractivity contribution in [2.45, 2.75) is 18.5 Å². The number of guanidine groups is 1. The molecule has 0 amide bonds. The van der Waals surface area contributed by atoms with Crippen molar-refractivity contribution in [3.05, 3.63) is 24.5 Å². The van der Waals surface area contributed by atoms with Crippen molar-refractivity contribution < 1.29 is 4.74 Å². The Bertz CT molecular complexity index is 507. The molecule has 1 unspecified atom stereocenters. The van der Waals surface area contributed by atoms with Crippen LogP contribution in [0.15, 0.2) is 29.5 Å². The number of morpholine rings is 1. The van der Waals surface area contributed by atoms with Gasteiger partial charge in [0.05, 0.1) is 13.2 Å². The van der Waals surface area contributed by atoms with E-state index in [1.54, 1.807) is 0 Å². The Balaban J connectivity index is 1.49. The van der Waals surface area contributed by atoms with E-state index in [1.807, 2.05) is 7.05 Å². The third-order valence-corrected chi connectivity index (χ3v) is 6.14. The molecule has 0 aliphatic carbocycles. The van der Waals surface area contributed by atoms with Gasteiger partial charge < -0.3 is 19.9 Å². The predicted molar refractivity (Wildman–Crippen MR) is 101 cm³/mol. The van der Waals surface area contributed by atoms with E-state index in [9.17, 15) is 0 Å². The average Bonchev–Trinajstić information content (AvgIpc) is 3.31. The number of hydrogen-bond acceptors (Lipinski definition) is 4. The van der Waals surface area contributed by atoms with Crippen LogP contribution < -0.4 is 10.6 Å². The van der Waals surface area contributed by atoms with E-state index < -0.39 is 0 Å². The van der Waals surface area contributed by atoms with Gasteiger partial charge in [0.15, 0.2) is 5.96 Å². The van der Waals surface area contributed by atoms with Crippen LogP contribution in [0, 0.1) is 0 Å². The molecule has 2 aliphatic rings. The fourth-order valence-electron chi connectivity index (χ4n) is 3.43. The van der Waals surface area contributed by atoms with E-state index in [4.69, 9.17) is 4.74 Å². The minimum Gasteiger partial charge on any atom is -0.379 e. The summed E-state index contributed by atoms with van der Waals surface area (Å²) in [5.41, 5.74) is 0.243. The highest BCUT2D eigenvalue weighted by atomic mass is 32.2. The van der Waals surface area contributed by atoms with Crippen LogP contribution in [0.2, 0.25) is 0 Å². The topological polar surface area (TPSA) is 53.8 Å². The summed E-state index contributed by atoms with van der Waals surface area (Å²) in [6.07, 6.45) is 5.41. The van der Waals surface area contributed by atoms with Crippen molar-refractivity contribution in [3.8, 4) is 0 Å². The second-order valence-electron chi connectivity index (χ2n) is 6.40. The third kappa shape index (κ3) is 4.46. The third-order valence-electron chi connectivity index (χ3n) is 4.90. The second kappa shape index (κ2) is 8.78. The van der Waals surface area contributed by atoms with E-state index in [2.05, 4.69) is 61.4 Å². The van der Waals surface area contributed by atoms with Gasteiger partial charge in [-0.15, -0.1) is 0 Å². The van der Waals surface area contributed by atoms with E-state index in [0.717, 1.165) is 51.9 Å². The number of nitrogens with zero attached hydrogens (tertiary/aromatic N) is 3. The molecule has 0 saturated carbocycles. The van der Waals surface area contributed by atoms with Crippen LogP contribution >= 0.6 is 11.8 Å². The molecule has 2 fully saturated rings. The van der Waals surface area contributed by atoms with Crippen molar-refractivity contribution in [3.63, 3.8) is 0 Å². The van der Waals surface area contributed by atoms with E-state index >= 15 is 0 Å². The fourth-order valence-corrected chi connectivity index (χ4v) is 4.90. The number of nitrogens with one attached hydrogen (secondary N) is 2. The highest BCUT2D eigenvalue weighted by molar-refractivity contribution is 7.99. The lowest BCUT2D eigenvalue weighted by Gasteiger charge is -2.43. The summed E-state index contributed by atoms with van der Waals surface area (Å²) in [6, 6.07) is 4.11. The van der Waals surface area contributed by atoms with Crippen molar-refractivity contribution in [1.82, 2.24) is 20.1 Å². The van der Waals surface area contributed by atoms with Crippen molar-refractivity contribution in [2.75, 3.05) is 57.9 Å². The standard InChI is InChI=1S/C17H29N5OS/c1-18-16(19-5-8-21-6-2-3-7-21)20-14-17(4-13-24-15-17)22-9-11-23-12-10-22/h2-3,6-7H,4-5,8-15H2,1H3,(H2,18,19,20). The molecule has 0 bridgehead atoms. The van der Waals surface area contributed by atoms with E-state index in [1.165, 1.54) is 17.9 Å². The Morgan fingerprint density at radius 3 is 2.71 bits per heavy atom. The van der Waals surface area contributed by atoms with Gasteiger partial charge in [0, 0.05) is 63.5 Å². The van der Waals surface area contributed by atoms with Gasteiger partial charge in [-0.25, -0.2) is 0 Å². The molecule has 0 radical (unpaired) electrons. The summed E-state index contributed by atoms with van der Waals surface area (Å²) < 4.78 is 7.70. The molecule has 2 N–H and O–H groups in total. The quantitative estimate of drug-likeness (QED) is 0.588. The Labute approximate surface area is 149 Å². The molecule has 1 aromatic heterocycles. The smallest absolute Gasteiger partial charge is 0.191 e. The summed E-state index contributed by atoms with van der Waals surface area (Å²) in [5.74, 6) is 3.34. The van der Waals surface area contributed by atoms with Gasteiger partial charge in [0.25, 0.3) is 0 Å². The zero-order chi connectivity index (χ0) is 16.7. The first kappa shape index (κ1) is 17.6. The van der Waals surface area contributed by atoms with Crippen LogP contribution in [-0.2, 0) is 11.3 Å². The first-order valence-corrected chi connectivity index (χ1v) is 9.94. The summed E-state index contributed by atoms with van der Waals surface area (Å²) in [7, 11) is 1.84. The zero-order valence-electron chi connectivity index (χ0n) is 14.5. The Hall–Kier alpha value is -1.18. The van der Waals surface area contributed by atoms with Gasteiger partial charge in [0.1, 0.15) is 0 Å². The maximum absolute atomic E-state index is 5.53. The zero-order valence-corrected chi connectivity index (χ0v) is 15.4. The normalized spacial score (nSPS) is 25.8. The lowest BCUT2D eigenvalue weighted by molar-refractivity contribution is -0.0120. The van der Waals surface area contributed by atoms with Crippen molar-refractivity contribution in [2.24, 2.45) is 4.99 Å². The lowest BCUT2D eigenvalue weighted by Crippen LogP contribution is -2.60. The SMILES string of the molecule is CN=C(NCCn1cccc1)NCC1(N2CCOCC2)CCSC1. The maximum Gasteiger partial charge on any atom is 0.191 e. The molecule has 3 rings (SSSR count). The summed E-state index contributed by atoms with van der Waals surface area (Å²) in [5, 5.41) is 6.98. The Morgan fingerprint density at radius 2 is 2.04 bits per heavy atom. The van der Waals surface area contributed by atoms with Gasteiger partial charge in [-0.05, 0) is 24.3 Å². The van der Waals surface area contributed by atoms with Crippen molar-refractivity contribution >= 4 is 17.7 Å². The number of ether oxygens (including phenoxy) is 1. The molecule has 7 heteroatoms. The van der Waals surface area contributed by atoms with Gasteiger partial charge in [-0.2, -0.15) is 11.8 Å². The minimum atomic E-state index is 0.243. The molecule has 2 aliphatic heterocycles. The Kier molecular flexibility index (Phi) is 6.45. The van der Waals surface area contributed by atoms with E-state index in [0.29, 0.717) is 0 Å². The first-order chi connectivity index (χ1) is 11.8. The van der Waals surface area contributed by atoms with Crippen molar-refractivity contribution in [1.29, 1.82) is 0 Å². The number of hydrogen-bond donors (Lipinski definition) is 2. The molecule has 1 atom stereocenters. The minimum absolute atomic E-state index is 0.243. The Morgan fingerprint density at radius 1 is 1.25 bits per heavy atom. The number of aromatic nitrogens is 1. The van der Waals surface area contributed by atoms with Gasteiger partial charge in [0.2, 0.25) is 0 Å². The van der Waals surface area contributed by atoms with Crippen LogP contribution in [0.25, 0.3) is 0 Å². The van der Waals surface area contributed by atoms with Gasteiger partial charge in [-0.3, -0.25) is 9.89 Å². The lowest BCUT2D eigenvalue weighted by atomic mass is 9.95. The molecule has 2 saturated heterocycles. The number of aliphatic imine (C=N–C) groups is 1. The van der Waals surface area contributed by atoms with Crippen LogP contribution in [0.3, 0.4) is 0 Å². The molecule has 24 heavy (non-hydrogen) atoms. The van der Waals surface area contributed by atoms with Crippen LogP contribution in [0.1, 0.15) is 6.42 Å². The molecule has 3 heterocycles. The average molecular weight is 352 g/mol. The molecule has 0 spiro atoms. The second-order valence-corrected chi connectivity index (χ2v) is 7.50. The molecule has 134 valence electrons. The monoisotopic (exact) mass is 351 g/mol. The van der Waals surface area contributed by atoms with Gasteiger partial charge >= 0.3 is 0 Å².